The van der Waals surface area contributed by atoms with Crippen molar-refractivity contribution in [3.8, 4) is 17.4 Å². The number of rotatable bonds is 1. The predicted molar refractivity (Wildman–Crippen MR) is 56.4 cm³/mol. The minimum Gasteiger partial charge on any atom is -0.493 e. The molecule has 0 spiro atoms. The van der Waals surface area contributed by atoms with Gasteiger partial charge < -0.3 is 19.6 Å². The number of nitrogens with one attached hydrogen (secondary N) is 1. The number of ether oxygens (including phenoxy) is 2. The van der Waals surface area contributed by atoms with Gasteiger partial charge in [0.15, 0.2) is 17.2 Å². The standard InChI is InChI=1S/C10H8N2O4/c13-10-9(12-14)5-3-7-8(4-6(5)11-10)16-2-1-15-7/h3-4,11,13H,1-2H2. The molecule has 6 nitrogen and oxygen atoms in total. The van der Waals surface area contributed by atoms with Crippen LogP contribution in [0.15, 0.2) is 17.3 Å². The number of nitroso groups, excluding NO2 is 1. The molecule has 2 heterocycles. The van der Waals surface area contributed by atoms with Crippen LogP contribution in [0.5, 0.6) is 17.4 Å². The molecule has 0 saturated heterocycles. The van der Waals surface area contributed by atoms with Crippen molar-refractivity contribution >= 4 is 16.6 Å². The van der Waals surface area contributed by atoms with Gasteiger partial charge >= 0.3 is 0 Å². The Labute approximate surface area is 89.8 Å². The molecule has 0 amide bonds. The lowest BCUT2D eigenvalue weighted by molar-refractivity contribution is 0.172. The zero-order chi connectivity index (χ0) is 11.1. The molecule has 0 bridgehead atoms. The minimum absolute atomic E-state index is 0.00743. The molecule has 2 aromatic rings. The van der Waals surface area contributed by atoms with Crippen molar-refractivity contribution in [1.82, 2.24) is 4.98 Å². The highest BCUT2D eigenvalue weighted by Crippen LogP contribution is 2.41. The van der Waals surface area contributed by atoms with E-state index in [1.807, 2.05) is 0 Å². The van der Waals surface area contributed by atoms with Gasteiger partial charge in [-0.3, -0.25) is 0 Å². The number of fused-ring (bicyclic) bond motifs is 2. The van der Waals surface area contributed by atoms with Gasteiger partial charge in [-0.05, 0) is 11.2 Å². The summed E-state index contributed by atoms with van der Waals surface area (Å²) in [5, 5.41) is 12.8. The van der Waals surface area contributed by atoms with E-state index in [1.165, 1.54) is 0 Å². The van der Waals surface area contributed by atoms with Crippen molar-refractivity contribution in [2.75, 3.05) is 13.2 Å². The second-order valence-electron chi connectivity index (χ2n) is 3.45. The van der Waals surface area contributed by atoms with Crippen LogP contribution in [0, 0.1) is 4.91 Å². The molecule has 2 N–H and O–H groups in total. The van der Waals surface area contributed by atoms with Gasteiger partial charge in [0.25, 0.3) is 0 Å². The Morgan fingerprint density at radius 1 is 1.25 bits per heavy atom. The Morgan fingerprint density at radius 2 is 1.94 bits per heavy atom. The van der Waals surface area contributed by atoms with Crippen LogP contribution in [-0.4, -0.2) is 23.3 Å². The average molecular weight is 220 g/mol. The van der Waals surface area contributed by atoms with Crippen LogP contribution in [-0.2, 0) is 0 Å². The smallest absolute Gasteiger partial charge is 0.219 e. The van der Waals surface area contributed by atoms with Crippen LogP contribution in [0.3, 0.4) is 0 Å². The second kappa shape index (κ2) is 3.13. The highest BCUT2D eigenvalue weighted by atomic mass is 16.6. The molecule has 3 rings (SSSR count). The third-order valence-electron chi connectivity index (χ3n) is 2.51. The third kappa shape index (κ3) is 1.13. The predicted octanol–water partition coefficient (Wildman–Crippen LogP) is 2.04. The van der Waals surface area contributed by atoms with E-state index in [9.17, 15) is 10.0 Å². The van der Waals surface area contributed by atoms with Crippen LogP contribution >= 0.6 is 0 Å². The highest BCUT2D eigenvalue weighted by Gasteiger charge is 2.18. The van der Waals surface area contributed by atoms with Crippen LogP contribution in [0.2, 0.25) is 0 Å². The topological polar surface area (TPSA) is 83.9 Å². The summed E-state index contributed by atoms with van der Waals surface area (Å²) in [5.41, 5.74) is 0.586. The molecule has 6 heteroatoms. The molecular weight excluding hydrogens is 212 g/mol. The van der Waals surface area contributed by atoms with Gasteiger partial charge in [-0.25, -0.2) is 0 Å². The Hall–Kier alpha value is -2.24. The average Bonchev–Trinajstić information content (AvgIpc) is 2.60. The molecule has 0 unspecified atom stereocenters. The van der Waals surface area contributed by atoms with E-state index in [0.29, 0.717) is 35.6 Å². The van der Waals surface area contributed by atoms with Crippen molar-refractivity contribution in [1.29, 1.82) is 0 Å². The monoisotopic (exact) mass is 220 g/mol. The molecule has 0 radical (unpaired) electrons. The molecule has 0 aliphatic carbocycles. The van der Waals surface area contributed by atoms with Crippen LogP contribution in [0.1, 0.15) is 0 Å². The summed E-state index contributed by atoms with van der Waals surface area (Å²) in [6, 6.07) is 3.31. The SMILES string of the molecule is O=Nc1c(O)[nH]c2cc3c(cc12)OCCO3. The van der Waals surface area contributed by atoms with E-state index in [2.05, 4.69) is 10.2 Å². The number of aromatic amines is 1. The highest BCUT2D eigenvalue weighted by molar-refractivity contribution is 5.96. The number of nitrogens with zero attached hydrogens (tertiary/aromatic N) is 1. The molecule has 82 valence electrons. The zero-order valence-corrected chi connectivity index (χ0v) is 8.19. The maximum Gasteiger partial charge on any atom is 0.219 e. The van der Waals surface area contributed by atoms with Gasteiger partial charge in [0, 0.05) is 11.5 Å². The van der Waals surface area contributed by atoms with E-state index in [0.717, 1.165) is 0 Å². The molecule has 0 fully saturated rings. The first-order valence-corrected chi connectivity index (χ1v) is 4.77. The minimum atomic E-state index is -0.243. The maximum absolute atomic E-state index is 10.6. The Bertz CT molecular complexity index is 576. The van der Waals surface area contributed by atoms with Gasteiger partial charge in [-0.2, -0.15) is 0 Å². The number of hydrogen-bond acceptors (Lipinski definition) is 5. The molecule has 1 aliphatic rings. The van der Waals surface area contributed by atoms with Crippen molar-refractivity contribution in [2.45, 2.75) is 0 Å². The van der Waals surface area contributed by atoms with Gasteiger partial charge in [-0.15, -0.1) is 4.91 Å². The molecule has 0 atom stereocenters. The number of hydrogen-bond donors (Lipinski definition) is 2. The van der Waals surface area contributed by atoms with E-state index in [4.69, 9.17) is 9.47 Å². The summed E-state index contributed by atoms with van der Waals surface area (Å²) >= 11 is 0. The van der Waals surface area contributed by atoms with Crippen molar-refractivity contribution in [3.63, 3.8) is 0 Å². The Kier molecular flexibility index (Phi) is 1.76. The first-order chi connectivity index (χ1) is 7.79. The van der Waals surface area contributed by atoms with E-state index >= 15 is 0 Å². The lowest BCUT2D eigenvalue weighted by Gasteiger charge is -2.17. The van der Waals surface area contributed by atoms with E-state index in [-0.39, 0.29) is 11.6 Å². The summed E-state index contributed by atoms with van der Waals surface area (Å²) in [5.74, 6) is 0.910. The van der Waals surface area contributed by atoms with Crippen molar-refractivity contribution in [2.24, 2.45) is 5.18 Å². The van der Waals surface area contributed by atoms with E-state index < -0.39 is 0 Å². The first-order valence-electron chi connectivity index (χ1n) is 4.77. The number of aromatic nitrogens is 1. The molecular formula is C10H8N2O4. The summed E-state index contributed by atoms with van der Waals surface area (Å²) in [6.07, 6.45) is 0. The lowest BCUT2D eigenvalue weighted by Crippen LogP contribution is -2.15. The zero-order valence-electron chi connectivity index (χ0n) is 8.19. The Morgan fingerprint density at radius 3 is 2.62 bits per heavy atom. The molecule has 1 aromatic carbocycles. The van der Waals surface area contributed by atoms with Crippen LogP contribution in [0.4, 0.5) is 5.69 Å². The maximum atomic E-state index is 10.6. The van der Waals surface area contributed by atoms with Crippen molar-refractivity contribution < 1.29 is 14.6 Å². The summed E-state index contributed by atoms with van der Waals surface area (Å²) in [4.78, 5) is 13.2. The fourth-order valence-electron chi connectivity index (χ4n) is 1.79. The molecule has 0 saturated carbocycles. The second-order valence-corrected chi connectivity index (χ2v) is 3.45. The van der Waals surface area contributed by atoms with Gasteiger partial charge in [-0.1, -0.05) is 0 Å². The van der Waals surface area contributed by atoms with Crippen molar-refractivity contribution in [3.05, 3.63) is 17.0 Å². The van der Waals surface area contributed by atoms with Crippen LogP contribution in [0.25, 0.3) is 10.9 Å². The largest absolute Gasteiger partial charge is 0.493 e. The first kappa shape index (κ1) is 9.02. The number of H-pyrrole nitrogens is 1. The fourth-order valence-corrected chi connectivity index (χ4v) is 1.79. The van der Waals surface area contributed by atoms with Gasteiger partial charge in [0.1, 0.15) is 13.2 Å². The Balaban J connectivity index is 2.31. The lowest BCUT2D eigenvalue weighted by atomic mass is 10.2. The molecule has 1 aromatic heterocycles. The summed E-state index contributed by atoms with van der Waals surface area (Å²) in [6.45, 7) is 0.961. The summed E-state index contributed by atoms with van der Waals surface area (Å²) < 4.78 is 10.8. The fraction of sp³-hybridized carbons (Fsp3) is 0.200. The molecule has 1 aliphatic heterocycles. The number of benzene rings is 1. The summed E-state index contributed by atoms with van der Waals surface area (Å²) in [7, 11) is 0. The normalized spacial score (nSPS) is 14.0. The van der Waals surface area contributed by atoms with E-state index in [1.54, 1.807) is 12.1 Å². The quantitative estimate of drug-likeness (QED) is 0.720. The third-order valence-corrected chi connectivity index (χ3v) is 2.51. The molecule has 16 heavy (non-hydrogen) atoms. The van der Waals surface area contributed by atoms with Crippen LogP contribution < -0.4 is 9.47 Å². The number of aromatic hydroxyl groups is 1. The van der Waals surface area contributed by atoms with Gasteiger partial charge in [0.05, 0.1) is 5.52 Å². The van der Waals surface area contributed by atoms with Gasteiger partial charge in [0.2, 0.25) is 5.88 Å².